The summed E-state index contributed by atoms with van der Waals surface area (Å²) in [5.74, 6) is 0. The summed E-state index contributed by atoms with van der Waals surface area (Å²) < 4.78 is 68.0. The Kier molecular flexibility index (Phi) is 4.36. The molecule has 1 aromatic rings. The van der Waals surface area contributed by atoms with Crippen molar-refractivity contribution in [2.45, 2.75) is 24.3 Å². The van der Waals surface area contributed by atoms with E-state index in [-0.39, 0.29) is 4.90 Å². The van der Waals surface area contributed by atoms with Crippen molar-refractivity contribution in [2.75, 3.05) is 7.11 Å². The van der Waals surface area contributed by atoms with Crippen LogP contribution in [0.25, 0.3) is 0 Å². The van der Waals surface area contributed by atoms with Crippen LogP contribution in [-0.4, -0.2) is 28.0 Å². The van der Waals surface area contributed by atoms with Crippen molar-refractivity contribution < 1.29 is 30.5 Å². The Bertz CT molecular complexity index is 493. The van der Waals surface area contributed by atoms with E-state index < -0.39 is 22.6 Å². The predicted molar refractivity (Wildman–Crippen MR) is 56.3 cm³/mol. The average Bonchev–Trinajstić information content (AvgIpc) is 2.25. The molecule has 1 unspecified atom stereocenters. The van der Waals surface area contributed by atoms with Crippen LogP contribution in [0.5, 0.6) is 0 Å². The smallest absolute Gasteiger partial charge is 0.347 e. The van der Waals surface area contributed by atoms with E-state index in [1.807, 2.05) is 0 Å². The van der Waals surface area contributed by atoms with Crippen LogP contribution >= 0.6 is 0 Å². The van der Waals surface area contributed by atoms with E-state index in [9.17, 15) is 21.6 Å². The highest BCUT2D eigenvalue weighted by Crippen LogP contribution is 2.26. The van der Waals surface area contributed by atoms with Crippen LogP contribution in [0.1, 0.15) is 5.56 Å². The Morgan fingerprint density at radius 2 is 1.67 bits per heavy atom. The maximum atomic E-state index is 12.3. The zero-order chi connectivity index (χ0) is 14.0. The predicted octanol–water partition coefficient (Wildman–Crippen LogP) is 2.24. The second-order valence-electron chi connectivity index (χ2n) is 3.47. The summed E-state index contributed by atoms with van der Waals surface area (Å²) in [4.78, 5) is -0.362. The first-order chi connectivity index (χ1) is 8.16. The molecular formula is C10H11F3O4S. The zero-order valence-electron chi connectivity index (χ0n) is 9.56. The van der Waals surface area contributed by atoms with Crippen LogP contribution in [0, 0.1) is 6.92 Å². The lowest BCUT2D eigenvalue weighted by atomic mass is 10.2. The van der Waals surface area contributed by atoms with Gasteiger partial charge in [-0.05, 0) is 19.1 Å². The standard InChI is InChI=1S/C10H11F3O4S/c1-7-3-5-8(6-4-7)18(14,15)17-9(16-2)10(11,12)13/h3-6,9H,1-2H3. The molecular weight excluding hydrogens is 273 g/mol. The normalized spacial score (nSPS) is 14.5. The number of methoxy groups -OCH3 is 1. The van der Waals surface area contributed by atoms with Crippen LogP contribution in [0.2, 0.25) is 0 Å². The molecule has 0 amide bonds. The SMILES string of the molecule is COC(OS(=O)(=O)c1ccc(C)cc1)C(F)(F)F. The summed E-state index contributed by atoms with van der Waals surface area (Å²) in [6.07, 6.45) is -7.74. The molecule has 1 aromatic carbocycles. The Morgan fingerprint density at radius 1 is 1.17 bits per heavy atom. The lowest BCUT2D eigenvalue weighted by Gasteiger charge is -2.18. The van der Waals surface area contributed by atoms with Crippen molar-refractivity contribution >= 4 is 10.1 Å². The van der Waals surface area contributed by atoms with Crippen LogP contribution in [0.4, 0.5) is 13.2 Å². The molecule has 0 fully saturated rings. The van der Waals surface area contributed by atoms with Crippen LogP contribution < -0.4 is 0 Å². The molecule has 8 heteroatoms. The van der Waals surface area contributed by atoms with Gasteiger partial charge in [-0.25, -0.2) is 4.18 Å². The van der Waals surface area contributed by atoms with Gasteiger partial charge in [-0.15, -0.1) is 0 Å². The highest BCUT2D eigenvalue weighted by Gasteiger charge is 2.44. The summed E-state index contributed by atoms with van der Waals surface area (Å²) in [5, 5.41) is 0. The molecule has 0 heterocycles. The van der Waals surface area contributed by atoms with Gasteiger partial charge >= 0.3 is 6.18 Å². The van der Waals surface area contributed by atoms with Gasteiger partial charge in [0.05, 0.1) is 4.90 Å². The number of alkyl halides is 3. The first kappa shape index (κ1) is 14.9. The van der Waals surface area contributed by atoms with Crippen LogP contribution in [-0.2, 0) is 19.0 Å². The molecule has 18 heavy (non-hydrogen) atoms. The Hall–Kier alpha value is -1.12. The van der Waals surface area contributed by atoms with Gasteiger partial charge in [0, 0.05) is 7.11 Å². The summed E-state index contributed by atoms with van der Waals surface area (Å²) in [6, 6.07) is 5.22. The summed E-state index contributed by atoms with van der Waals surface area (Å²) in [6.45, 7) is 1.71. The topological polar surface area (TPSA) is 52.6 Å². The average molecular weight is 284 g/mol. The number of hydrogen-bond acceptors (Lipinski definition) is 4. The minimum Gasteiger partial charge on any atom is -0.347 e. The molecule has 0 spiro atoms. The third-order valence-electron chi connectivity index (χ3n) is 2.01. The molecule has 0 aliphatic heterocycles. The molecule has 0 saturated carbocycles. The number of ether oxygens (including phenoxy) is 1. The quantitative estimate of drug-likeness (QED) is 0.628. The van der Waals surface area contributed by atoms with E-state index in [2.05, 4.69) is 8.92 Å². The van der Waals surface area contributed by atoms with E-state index in [0.717, 1.165) is 17.7 Å². The highest BCUT2D eigenvalue weighted by atomic mass is 32.2. The Labute approximate surface area is 102 Å². The maximum absolute atomic E-state index is 12.3. The number of benzene rings is 1. The fraction of sp³-hybridized carbons (Fsp3) is 0.400. The van der Waals surface area contributed by atoms with E-state index in [1.54, 1.807) is 6.92 Å². The molecule has 0 saturated heterocycles. The van der Waals surface area contributed by atoms with Crippen molar-refractivity contribution in [3.8, 4) is 0 Å². The largest absolute Gasteiger partial charge is 0.441 e. The molecule has 0 aliphatic carbocycles. The van der Waals surface area contributed by atoms with Gasteiger partial charge in [0.1, 0.15) is 0 Å². The fourth-order valence-electron chi connectivity index (χ4n) is 1.10. The second kappa shape index (κ2) is 5.25. The van der Waals surface area contributed by atoms with Crippen molar-refractivity contribution in [3.05, 3.63) is 29.8 Å². The number of hydrogen-bond donors (Lipinski definition) is 0. The molecule has 1 rings (SSSR count). The van der Waals surface area contributed by atoms with Gasteiger partial charge < -0.3 is 4.74 Å². The zero-order valence-corrected chi connectivity index (χ0v) is 10.4. The number of halogens is 3. The van der Waals surface area contributed by atoms with Gasteiger partial charge in [-0.3, -0.25) is 0 Å². The monoisotopic (exact) mass is 284 g/mol. The van der Waals surface area contributed by atoms with Crippen LogP contribution in [0.3, 0.4) is 0 Å². The number of aryl methyl sites for hydroxylation is 1. The van der Waals surface area contributed by atoms with Crippen LogP contribution in [0.15, 0.2) is 29.2 Å². The first-order valence-corrected chi connectivity index (χ1v) is 6.17. The minimum absolute atomic E-state index is 0.362. The third-order valence-corrected chi connectivity index (χ3v) is 3.28. The minimum atomic E-state index is -4.92. The molecule has 0 aromatic heterocycles. The first-order valence-electron chi connectivity index (χ1n) is 4.76. The molecule has 0 radical (unpaired) electrons. The molecule has 102 valence electrons. The van der Waals surface area contributed by atoms with E-state index >= 15 is 0 Å². The summed E-state index contributed by atoms with van der Waals surface area (Å²) in [7, 11) is -3.81. The van der Waals surface area contributed by atoms with Crippen molar-refractivity contribution in [1.82, 2.24) is 0 Å². The lowest BCUT2D eigenvalue weighted by Crippen LogP contribution is -2.35. The van der Waals surface area contributed by atoms with Crippen molar-refractivity contribution in [2.24, 2.45) is 0 Å². The van der Waals surface area contributed by atoms with Gasteiger partial charge in [0.25, 0.3) is 16.4 Å². The molecule has 0 N–H and O–H groups in total. The van der Waals surface area contributed by atoms with E-state index in [4.69, 9.17) is 0 Å². The molecule has 4 nitrogen and oxygen atoms in total. The van der Waals surface area contributed by atoms with Gasteiger partial charge in [0.15, 0.2) is 0 Å². The molecule has 1 atom stereocenters. The Morgan fingerprint density at radius 3 is 2.06 bits per heavy atom. The van der Waals surface area contributed by atoms with Crippen molar-refractivity contribution in [3.63, 3.8) is 0 Å². The fourth-order valence-corrected chi connectivity index (χ4v) is 2.10. The molecule has 0 bridgehead atoms. The van der Waals surface area contributed by atoms with E-state index in [1.165, 1.54) is 12.1 Å². The Balaban J connectivity index is 2.98. The maximum Gasteiger partial charge on any atom is 0.441 e. The lowest BCUT2D eigenvalue weighted by molar-refractivity contribution is -0.273. The molecule has 0 aliphatic rings. The van der Waals surface area contributed by atoms with Crippen molar-refractivity contribution in [1.29, 1.82) is 0 Å². The van der Waals surface area contributed by atoms with Gasteiger partial charge in [-0.1, -0.05) is 17.7 Å². The number of rotatable bonds is 4. The summed E-state index contributed by atoms with van der Waals surface area (Å²) in [5.41, 5.74) is 0.771. The van der Waals surface area contributed by atoms with E-state index in [0.29, 0.717) is 7.11 Å². The van der Waals surface area contributed by atoms with Gasteiger partial charge in [-0.2, -0.15) is 21.6 Å². The highest BCUT2D eigenvalue weighted by molar-refractivity contribution is 7.86. The third kappa shape index (κ3) is 3.69. The second-order valence-corrected chi connectivity index (χ2v) is 5.04. The summed E-state index contributed by atoms with van der Waals surface area (Å²) >= 11 is 0. The van der Waals surface area contributed by atoms with Gasteiger partial charge in [0.2, 0.25) is 0 Å².